The van der Waals surface area contributed by atoms with Gasteiger partial charge >= 0.3 is 0 Å². The molecule has 1 aromatic carbocycles. The van der Waals surface area contributed by atoms with E-state index in [0.29, 0.717) is 0 Å². The summed E-state index contributed by atoms with van der Waals surface area (Å²) in [4.78, 5) is 0. The normalized spacial score (nSPS) is 11.7. The van der Waals surface area contributed by atoms with E-state index in [1.165, 1.54) is 16.7 Å². The van der Waals surface area contributed by atoms with Crippen LogP contribution >= 0.6 is 0 Å². The van der Waals surface area contributed by atoms with Gasteiger partial charge < -0.3 is 5.32 Å². The van der Waals surface area contributed by atoms with Gasteiger partial charge in [0.2, 0.25) is 0 Å². The van der Waals surface area contributed by atoms with Crippen molar-refractivity contribution in [1.82, 2.24) is 9.78 Å². The van der Waals surface area contributed by atoms with Gasteiger partial charge in [-0.25, -0.2) is 0 Å². The van der Waals surface area contributed by atoms with Gasteiger partial charge in [-0.05, 0) is 31.6 Å². The molecule has 0 amide bonds. The van der Waals surface area contributed by atoms with E-state index in [4.69, 9.17) is 0 Å². The van der Waals surface area contributed by atoms with Crippen molar-refractivity contribution in [3.8, 4) is 11.3 Å². The number of benzene rings is 1. The van der Waals surface area contributed by atoms with E-state index in [1.807, 2.05) is 25.0 Å². The smallest absolute Gasteiger partial charge is 0.0754 e. The topological polar surface area (TPSA) is 29.9 Å². The zero-order valence-electron chi connectivity index (χ0n) is 11.4. The Balaban J connectivity index is 2.59. The van der Waals surface area contributed by atoms with E-state index in [9.17, 15) is 0 Å². The van der Waals surface area contributed by atoms with Crippen molar-refractivity contribution in [3.63, 3.8) is 0 Å². The molecule has 1 N–H and O–H groups in total. The number of anilines is 1. The zero-order chi connectivity index (χ0) is 13.1. The number of rotatable bonds is 3. The summed E-state index contributed by atoms with van der Waals surface area (Å²) in [7, 11) is 3.91. The molecule has 18 heavy (non-hydrogen) atoms. The fraction of sp³-hybridized carbons (Fsp3) is 0.267. The molecule has 0 aliphatic rings. The maximum atomic E-state index is 4.37. The summed E-state index contributed by atoms with van der Waals surface area (Å²) in [5.74, 6) is 0. The van der Waals surface area contributed by atoms with Crippen LogP contribution in [-0.2, 0) is 7.05 Å². The molecular weight excluding hydrogens is 222 g/mol. The van der Waals surface area contributed by atoms with Gasteiger partial charge in [-0.15, -0.1) is 0 Å². The van der Waals surface area contributed by atoms with Gasteiger partial charge in [-0.2, -0.15) is 5.10 Å². The van der Waals surface area contributed by atoms with Crippen LogP contribution in [-0.4, -0.2) is 16.8 Å². The highest BCUT2D eigenvalue weighted by molar-refractivity contribution is 5.79. The van der Waals surface area contributed by atoms with Crippen LogP contribution in [0.5, 0.6) is 0 Å². The standard InChI is InChI=1S/C15H19N3/c1-5-11(2)14-10-17-18(4)15(14)12-7-6-8-13(9-12)16-3/h5-10,16H,1-4H3/b11-5+. The van der Waals surface area contributed by atoms with Crippen LogP contribution in [0.25, 0.3) is 16.8 Å². The third-order valence-corrected chi connectivity index (χ3v) is 3.22. The fourth-order valence-corrected chi connectivity index (χ4v) is 2.05. The molecule has 3 nitrogen and oxygen atoms in total. The fourth-order valence-electron chi connectivity index (χ4n) is 2.05. The molecule has 0 saturated heterocycles. The lowest BCUT2D eigenvalue weighted by Gasteiger charge is -2.08. The number of aromatic nitrogens is 2. The summed E-state index contributed by atoms with van der Waals surface area (Å²) in [6.07, 6.45) is 4.04. The van der Waals surface area contributed by atoms with Gasteiger partial charge in [0.15, 0.2) is 0 Å². The molecule has 2 aromatic rings. The highest BCUT2D eigenvalue weighted by atomic mass is 15.3. The third kappa shape index (κ3) is 2.16. The first-order chi connectivity index (χ1) is 8.67. The second-order valence-electron chi connectivity index (χ2n) is 4.33. The second-order valence-corrected chi connectivity index (χ2v) is 4.33. The summed E-state index contributed by atoms with van der Waals surface area (Å²) in [5.41, 5.74) is 5.87. The van der Waals surface area contributed by atoms with Gasteiger partial charge in [0.25, 0.3) is 0 Å². The summed E-state index contributed by atoms with van der Waals surface area (Å²) < 4.78 is 1.93. The monoisotopic (exact) mass is 241 g/mol. The Hall–Kier alpha value is -2.03. The first kappa shape index (κ1) is 12.4. The highest BCUT2D eigenvalue weighted by Crippen LogP contribution is 2.29. The Bertz CT molecular complexity index is 579. The Labute approximate surface area is 108 Å². The van der Waals surface area contributed by atoms with E-state index >= 15 is 0 Å². The molecule has 0 radical (unpaired) electrons. The van der Waals surface area contributed by atoms with Crippen molar-refractivity contribution in [2.75, 3.05) is 12.4 Å². The number of nitrogens with one attached hydrogen (secondary N) is 1. The Morgan fingerprint density at radius 3 is 2.83 bits per heavy atom. The van der Waals surface area contributed by atoms with Crippen LogP contribution in [0, 0.1) is 0 Å². The summed E-state index contributed by atoms with van der Waals surface area (Å²) >= 11 is 0. The van der Waals surface area contributed by atoms with E-state index < -0.39 is 0 Å². The summed E-state index contributed by atoms with van der Waals surface area (Å²) in [6.45, 7) is 4.17. The lowest BCUT2D eigenvalue weighted by atomic mass is 10.0. The summed E-state index contributed by atoms with van der Waals surface area (Å²) in [6, 6.07) is 8.37. The predicted octanol–water partition coefficient (Wildman–Crippen LogP) is 3.55. The minimum Gasteiger partial charge on any atom is -0.388 e. The van der Waals surface area contributed by atoms with E-state index in [1.54, 1.807) is 0 Å². The lowest BCUT2D eigenvalue weighted by molar-refractivity contribution is 0.776. The molecule has 0 atom stereocenters. The van der Waals surface area contributed by atoms with E-state index in [-0.39, 0.29) is 0 Å². The Kier molecular flexibility index (Phi) is 3.51. The van der Waals surface area contributed by atoms with Gasteiger partial charge in [0.1, 0.15) is 0 Å². The van der Waals surface area contributed by atoms with Gasteiger partial charge in [0.05, 0.1) is 11.9 Å². The van der Waals surface area contributed by atoms with Crippen LogP contribution in [0.2, 0.25) is 0 Å². The van der Waals surface area contributed by atoms with Crippen molar-refractivity contribution in [2.45, 2.75) is 13.8 Å². The molecule has 94 valence electrons. The zero-order valence-corrected chi connectivity index (χ0v) is 11.4. The van der Waals surface area contributed by atoms with Crippen molar-refractivity contribution < 1.29 is 0 Å². The SMILES string of the molecule is C/C=C(\C)c1cnn(C)c1-c1cccc(NC)c1. The minimum atomic E-state index is 1.11. The molecule has 0 aliphatic heterocycles. The number of aryl methyl sites for hydroxylation is 1. The molecule has 2 rings (SSSR count). The number of hydrogen-bond donors (Lipinski definition) is 1. The van der Waals surface area contributed by atoms with Crippen LogP contribution in [0.15, 0.2) is 36.5 Å². The van der Waals surface area contributed by atoms with Gasteiger partial charge in [-0.3, -0.25) is 4.68 Å². The Morgan fingerprint density at radius 2 is 2.17 bits per heavy atom. The van der Waals surface area contributed by atoms with Crippen molar-refractivity contribution in [1.29, 1.82) is 0 Å². The van der Waals surface area contributed by atoms with Crippen LogP contribution in [0.3, 0.4) is 0 Å². The van der Waals surface area contributed by atoms with Crippen LogP contribution in [0.4, 0.5) is 5.69 Å². The molecule has 0 unspecified atom stereocenters. The average molecular weight is 241 g/mol. The van der Waals surface area contributed by atoms with Crippen LogP contribution < -0.4 is 5.32 Å². The van der Waals surface area contributed by atoms with Crippen molar-refractivity contribution >= 4 is 11.3 Å². The molecule has 0 spiro atoms. The van der Waals surface area contributed by atoms with Crippen LogP contribution in [0.1, 0.15) is 19.4 Å². The number of allylic oxidation sites excluding steroid dienone is 2. The summed E-state index contributed by atoms with van der Waals surface area (Å²) in [5, 5.41) is 7.54. The molecule has 0 saturated carbocycles. The maximum absolute atomic E-state index is 4.37. The first-order valence-corrected chi connectivity index (χ1v) is 6.11. The minimum absolute atomic E-state index is 1.11. The highest BCUT2D eigenvalue weighted by Gasteiger charge is 2.12. The molecule has 3 heteroatoms. The quantitative estimate of drug-likeness (QED) is 0.890. The second kappa shape index (κ2) is 5.08. The van der Waals surface area contributed by atoms with Crippen molar-refractivity contribution in [2.24, 2.45) is 7.05 Å². The van der Waals surface area contributed by atoms with Gasteiger partial charge in [-0.1, -0.05) is 18.2 Å². The third-order valence-electron chi connectivity index (χ3n) is 3.22. The van der Waals surface area contributed by atoms with E-state index in [0.717, 1.165) is 11.4 Å². The molecule has 0 fully saturated rings. The lowest BCUT2D eigenvalue weighted by Crippen LogP contribution is -1.96. The van der Waals surface area contributed by atoms with E-state index in [2.05, 4.69) is 54.6 Å². The average Bonchev–Trinajstić information content (AvgIpc) is 2.79. The molecule has 0 bridgehead atoms. The molecule has 1 heterocycles. The maximum Gasteiger partial charge on any atom is 0.0754 e. The Morgan fingerprint density at radius 1 is 1.39 bits per heavy atom. The van der Waals surface area contributed by atoms with Crippen molar-refractivity contribution in [3.05, 3.63) is 42.1 Å². The molecular formula is C15H19N3. The molecule has 0 aliphatic carbocycles. The largest absolute Gasteiger partial charge is 0.388 e. The molecule has 1 aromatic heterocycles. The first-order valence-electron chi connectivity index (χ1n) is 6.11. The predicted molar refractivity (Wildman–Crippen MR) is 77.5 cm³/mol. The van der Waals surface area contributed by atoms with Gasteiger partial charge in [0, 0.05) is 30.9 Å². The number of nitrogens with zero attached hydrogens (tertiary/aromatic N) is 2. The number of hydrogen-bond acceptors (Lipinski definition) is 2.